The van der Waals surface area contributed by atoms with Crippen LogP contribution in [0.5, 0.6) is 5.75 Å². The first-order valence-electron chi connectivity index (χ1n) is 9.79. The zero-order valence-electron chi connectivity index (χ0n) is 16.7. The van der Waals surface area contributed by atoms with Gasteiger partial charge in [0.25, 0.3) is 0 Å². The number of piperidine rings is 1. The summed E-state index contributed by atoms with van der Waals surface area (Å²) in [4.78, 5) is 38.0. The molecule has 30 heavy (non-hydrogen) atoms. The molecule has 0 atom stereocenters. The molecule has 0 bridgehead atoms. The Balaban J connectivity index is 1.39. The lowest BCUT2D eigenvalue weighted by Gasteiger charge is -2.31. The fourth-order valence-electron chi connectivity index (χ4n) is 3.15. The number of nitrogens with zero attached hydrogens (tertiary/aromatic N) is 1. The largest absolute Gasteiger partial charge is 0.415 e. The number of para-hydroxylation sites is 1. The number of carbonyl (C=O) groups excluding carboxylic acids is 3. The van der Waals surface area contributed by atoms with E-state index in [1.165, 1.54) is 0 Å². The first kappa shape index (κ1) is 21.6. The second-order valence-electron chi connectivity index (χ2n) is 7.24. The van der Waals surface area contributed by atoms with Crippen LogP contribution in [0.15, 0.2) is 48.5 Å². The van der Waals surface area contributed by atoms with Crippen LogP contribution in [0.2, 0.25) is 5.02 Å². The van der Waals surface area contributed by atoms with Crippen molar-refractivity contribution in [2.24, 2.45) is 5.92 Å². The molecule has 1 aliphatic rings. The van der Waals surface area contributed by atoms with Gasteiger partial charge in [0, 0.05) is 30.3 Å². The summed E-state index contributed by atoms with van der Waals surface area (Å²) in [6.45, 7) is 3.32. The molecule has 2 aromatic rings. The summed E-state index contributed by atoms with van der Waals surface area (Å²) in [5, 5.41) is 5.72. The maximum atomic E-state index is 12.2. The predicted octanol–water partition coefficient (Wildman–Crippen LogP) is 3.61. The molecule has 7 nitrogen and oxygen atoms in total. The van der Waals surface area contributed by atoms with Crippen LogP contribution in [0, 0.1) is 12.8 Å². The van der Waals surface area contributed by atoms with E-state index < -0.39 is 11.8 Å². The number of ether oxygens (including phenoxy) is 1. The Morgan fingerprint density at radius 2 is 1.77 bits per heavy atom. The summed E-state index contributed by atoms with van der Waals surface area (Å²) >= 11 is 6.03. The van der Waals surface area contributed by atoms with Gasteiger partial charge in [0.2, 0.25) is 0 Å². The predicted molar refractivity (Wildman–Crippen MR) is 115 cm³/mol. The Labute approximate surface area is 180 Å². The Bertz CT molecular complexity index is 912. The summed E-state index contributed by atoms with van der Waals surface area (Å²) in [5.74, 6) is -0.731. The van der Waals surface area contributed by atoms with E-state index in [9.17, 15) is 14.4 Å². The number of hydrogen-bond acceptors (Lipinski definition) is 4. The molecule has 0 spiro atoms. The number of rotatable bonds is 4. The van der Waals surface area contributed by atoms with Crippen molar-refractivity contribution in [1.82, 2.24) is 10.2 Å². The lowest BCUT2D eigenvalue weighted by molar-refractivity contribution is -0.136. The maximum Gasteiger partial charge on any atom is 0.415 e. The van der Waals surface area contributed by atoms with Gasteiger partial charge in [-0.25, -0.2) is 4.79 Å². The molecule has 8 heteroatoms. The first-order chi connectivity index (χ1) is 14.4. The van der Waals surface area contributed by atoms with Crippen molar-refractivity contribution in [2.45, 2.75) is 19.8 Å². The fraction of sp³-hybridized carbons (Fsp3) is 0.318. The number of nitrogens with one attached hydrogen (secondary N) is 2. The van der Waals surface area contributed by atoms with Crippen molar-refractivity contribution in [1.29, 1.82) is 0 Å². The zero-order chi connectivity index (χ0) is 21.5. The van der Waals surface area contributed by atoms with Gasteiger partial charge in [-0.2, -0.15) is 0 Å². The number of benzene rings is 2. The molecule has 2 aromatic carbocycles. The van der Waals surface area contributed by atoms with Crippen molar-refractivity contribution in [2.75, 3.05) is 25.0 Å². The zero-order valence-corrected chi connectivity index (χ0v) is 17.4. The van der Waals surface area contributed by atoms with Gasteiger partial charge >= 0.3 is 17.9 Å². The Hall–Kier alpha value is -3.06. The van der Waals surface area contributed by atoms with E-state index in [1.54, 1.807) is 47.4 Å². The highest BCUT2D eigenvalue weighted by molar-refractivity contribution is 6.39. The Morgan fingerprint density at radius 3 is 2.43 bits per heavy atom. The molecule has 0 aliphatic carbocycles. The molecule has 1 heterocycles. The molecule has 0 aromatic heterocycles. The SMILES string of the molecule is Cc1ccc(NC(=O)C(=O)NCC2CCN(C(=O)Oc3ccccc3)CC2)cc1Cl. The lowest BCUT2D eigenvalue weighted by Crippen LogP contribution is -2.44. The van der Waals surface area contributed by atoms with Gasteiger partial charge in [0.1, 0.15) is 5.75 Å². The van der Waals surface area contributed by atoms with Crippen molar-refractivity contribution < 1.29 is 19.1 Å². The molecular formula is C22H24ClN3O4. The molecule has 2 N–H and O–H groups in total. The van der Waals surface area contributed by atoms with E-state index in [-0.39, 0.29) is 12.0 Å². The van der Waals surface area contributed by atoms with Crippen LogP contribution >= 0.6 is 11.6 Å². The topological polar surface area (TPSA) is 87.7 Å². The maximum absolute atomic E-state index is 12.2. The van der Waals surface area contributed by atoms with Gasteiger partial charge in [-0.05, 0) is 55.5 Å². The summed E-state index contributed by atoms with van der Waals surface area (Å²) < 4.78 is 5.35. The van der Waals surface area contributed by atoms with E-state index in [2.05, 4.69) is 10.6 Å². The second kappa shape index (κ2) is 10.1. The quantitative estimate of drug-likeness (QED) is 0.726. The van der Waals surface area contributed by atoms with Crippen molar-refractivity contribution in [3.8, 4) is 5.75 Å². The third-order valence-electron chi connectivity index (χ3n) is 5.01. The third-order valence-corrected chi connectivity index (χ3v) is 5.42. The molecule has 0 saturated carbocycles. The standard InChI is InChI=1S/C22H24ClN3O4/c1-15-7-8-17(13-19(15)23)25-21(28)20(27)24-14-16-9-11-26(12-10-16)22(29)30-18-5-3-2-4-6-18/h2-8,13,16H,9-12,14H2,1H3,(H,24,27)(H,25,28). The van der Waals surface area contributed by atoms with Crippen LogP contribution < -0.4 is 15.4 Å². The molecule has 0 radical (unpaired) electrons. The number of likely N-dealkylation sites (tertiary alicyclic amines) is 1. The highest BCUT2D eigenvalue weighted by Gasteiger charge is 2.25. The number of halogens is 1. The first-order valence-corrected chi connectivity index (χ1v) is 10.2. The fourth-order valence-corrected chi connectivity index (χ4v) is 3.33. The molecule has 1 saturated heterocycles. The average Bonchev–Trinajstić information content (AvgIpc) is 2.75. The lowest BCUT2D eigenvalue weighted by atomic mass is 9.97. The van der Waals surface area contributed by atoms with E-state index in [4.69, 9.17) is 16.3 Å². The van der Waals surface area contributed by atoms with Crippen molar-refractivity contribution in [3.05, 3.63) is 59.1 Å². The summed E-state index contributed by atoms with van der Waals surface area (Å²) in [6.07, 6.45) is 1.07. The van der Waals surface area contributed by atoms with Gasteiger partial charge in [-0.15, -0.1) is 0 Å². The monoisotopic (exact) mass is 429 g/mol. The highest BCUT2D eigenvalue weighted by Crippen LogP contribution is 2.20. The molecule has 0 unspecified atom stereocenters. The van der Waals surface area contributed by atoms with Crippen LogP contribution in [-0.4, -0.2) is 42.4 Å². The number of anilines is 1. The Kier molecular flexibility index (Phi) is 7.30. The summed E-state index contributed by atoms with van der Waals surface area (Å²) in [7, 11) is 0. The number of hydrogen-bond donors (Lipinski definition) is 2. The minimum atomic E-state index is -0.737. The van der Waals surface area contributed by atoms with Crippen LogP contribution in [0.4, 0.5) is 10.5 Å². The van der Waals surface area contributed by atoms with E-state index in [0.29, 0.717) is 36.1 Å². The molecule has 3 rings (SSSR count). The minimum Gasteiger partial charge on any atom is -0.410 e. The highest BCUT2D eigenvalue weighted by atomic mass is 35.5. The normalized spacial score (nSPS) is 14.1. The molecule has 1 aliphatic heterocycles. The summed E-state index contributed by atoms with van der Waals surface area (Å²) in [5.41, 5.74) is 1.36. The van der Waals surface area contributed by atoms with Gasteiger partial charge < -0.3 is 20.3 Å². The summed E-state index contributed by atoms with van der Waals surface area (Å²) in [6, 6.07) is 14.0. The van der Waals surface area contributed by atoms with Crippen LogP contribution in [0.1, 0.15) is 18.4 Å². The van der Waals surface area contributed by atoms with Gasteiger partial charge in [0.15, 0.2) is 0 Å². The van der Waals surface area contributed by atoms with E-state index >= 15 is 0 Å². The second-order valence-corrected chi connectivity index (χ2v) is 7.65. The van der Waals surface area contributed by atoms with Crippen molar-refractivity contribution in [3.63, 3.8) is 0 Å². The van der Waals surface area contributed by atoms with Crippen LogP contribution in [0.25, 0.3) is 0 Å². The van der Waals surface area contributed by atoms with Gasteiger partial charge in [0.05, 0.1) is 0 Å². The van der Waals surface area contributed by atoms with E-state index in [1.807, 2.05) is 13.0 Å². The molecule has 158 valence electrons. The third kappa shape index (κ3) is 5.97. The minimum absolute atomic E-state index is 0.191. The molecule has 1 fully saturated rings. The van der Waals surface area contributed by atoms with Crippen LogP contribution in [-0.2, 0) is 9.59 Å². The van der Waals surface area contributed by atoms with E-state index in [0.717, 1.165) is 18.4 Å². The van der Waals surface area contributed by atoms with Gasteiger partial charge in [-0.3, -0.25) is 9.59 Å². The average molecular weight is 430 g/mol. The van der Waals surface area contributed by atoms with Gasteiger partial charge in [-0.1, -0.05) is 35.9 Å². The smallest absolute Gasteiger partial charge is 0.410 e. The Morgan fingerprint density at radius 1 is 1.07 bits per heavy atom. The number of aryl methyl sites for hydroxylation is 1. The van der Waals surface area contributed by atoms with Crippen molar-refractivity contribution >= 4 is 35.2 Å². The van der Waals surface area contributed by atoms with Crippen LogP contribution in [0.3, 0.4) is 0 Å². The molecule has 3 amide bonds. The number of carbonyl (C=O) groups is 3. The molecular weight excluding hydrogens is 406 g/mol. The number of amides is 3.